The Labute approximate surface area is 245 Å². The summed E-state index contributed by atoms with van der Waals surface area (Å²) in [6.07, 6.45) is 5.79. The number of benzene rings is 3. The van der Waals surface area contributed by atoms with Crippen molar-refractivity contribution in [2.45, 2.75) is 71.0 Å². The van der Waals surface area contributed by atoms with Gasteiger partial charge in [0.15, 0.2) is 6.61 Å². The Morgan fingerprint density at radius 3 is 2.31 bits per heavy atom. The molecule has 1 aliphatic rings. The van der Waals surface area contributed by atoms with Crippen LogP contribution in [0.3, 0.4) is 0 Å². The Morgan fingerprint density at radius 1 is 0.974 bits per heavy atom. The zero-order chi connectivity index (χ0) is 27.8. The fraction of sp³-hybridized carbons (Fsp3) is 0.375. The average Bonchev–Trinajstić information content (AvgIpc) is 2.93. The third-order valence-corrected chi connectivity index (χ3v) is 8.33. The van der Waals surface area contributed by atoms with Gasteiger partial charge in [-0.2, -0.15) is 0 Å². The predicted molar refractivity (Wildman–Crippen MR) is 160 cm³/mol. The molecule has 0 aromatic heterocycles. The van der Waals surface area contributed by atoms with Crippen molar-refractivity contribution in [2.75, 3.05) is 6.61 Å². The van der Waals surface area contributed by atoms with Gasteiger partial charge in [0.05, 0.1) is 0 Å². The molecule has 4 rings (SSSR count). The van der Waals surface area contributed by atoms with E-state index in [1.165, 1.54) is 6.42 Å². The molecule has 1 atom stereocenters. The number of ether oxygens (including phenoxy) is 1. The number of hydrogen-bond acceptors (Lipinski definition) is 3. The van der Waals surface area contributed by atoms with E-state index >= 15 is 0 Å². The van der Waals surface area contributed by atoms with E-state index in [9.17, 15) is 9.59 Å². The molecule has 3 aromatic rings. The van der Waals surface area contributed by atoms with Crippen LogP contribution in [-0.4, -0.2) is 35.4 Å². The normalized spacial score (nSPS) is 14.5. The molecule has 1 saturated carbocycles. The Kier molecular flexibility index (Phi) is 10.5. The van der Waals surface area contributed by atoms with Gasteiger partial charge in [0.25, 0.3) is 5.91 Å². The van der Waals surface area contributed by atoms with Gasteiger partial charge in [-0.3, -0.25) is 9.59 Å². The number of nitrogens with one attached hydrogen (secondary N) is 1. The SMILES string of the molecule is Cc1cc(OCC(=O)N(Cc2cccc(Br)c2)[C@H](Cc2ccccc2)C(=O)NC2CCCCC2)cc(C)c1Cl. The van der Waals surface area contributed by atoms with Crippen LogP contribution in [0.2, 0.25) is 5.02 Å². The monoisotopic (exact) mass is 610 g/mol. The van der Waals surface area contributed by atoms with E-state index in [1.807, 2.05) is 80.6 Å². The van der Waals surface area contributed by atoms with Gasteiger partial charge >= 0.3 is 0 Å². The van der Waals surface area contributed by atoms with Crippen molar-refractivity contribution in [1.29, 1.82) is 0 Å². The first-order valence-corrected chi connectivity index (χ1v) is 14.7. The van der Waals surface area contributed by atoms with Crippen molar-refractivity contribution in [1.82, 2.24) is 10.2 Å². The molecule has 1 fully saturated rings. The van der Waals surface area contributed by atoms with Crippen LogP contribution in [0.5, 0.6) is 5.75 Å². The van der Waals surface area contributed by atoms with Crippen molar-refractivity contribution < 1.29 is 14.3 Å². The number of nitrogens with zero attached hydrogens (tertiary/aromatic N) is 1. The smallest absolute Gasteiger partial charge is 0.261 e. The van der Waals surface area contributed by atoms with E-state index in [2.05, 4.69) is 21.2 Å². The van der Waals surface area contributed by atoms with E-state index in [0.29, 0.717) is 17.2 Å². The van der Waals surface area contributed by atoms with Gasteiger partial charge in [-0.05, 0) is 73.2 Å². The molecule has 0 radical (unpaired) electrons. The molecular weight excluding hydrogens is 576 g/mol. The Morgan fingerprint density at radius 2 is 1.64 bits per heavy atom. The molecule has 0 bridgehead atoms. The maximum absolute atomic E-state index is 13.9. The molecule has 0 saturated heterocycles. The lowest BCUT2D eigenvalue weighted by Crippen LogP contribution is -2.53. The Balaban J connectivity index is 1.62. The molecular formula is C32H36BrClN2O3. The number of aryl methyl sites for hydroxylation is 2. The summed E-state index contributed by atoms with van der Waals surface area (Å²) in [5.41, 5.74) is 3.70. The standard InChI is InChI=1S/C32H36BrClN2O3/c1-22-16-28(17-23(2)31(22)34)39-21-30(37)36(20-25-12-9-13-26(33)18-25)29(19-24-10-5-3-6-11-24)32(38)35-27-14-7-4-8-15-27/h3,5-6,9-13,16-18,27,29H,4,7-8,14-15,19-21H2,1-2H3,(H,35,38)/t29-/m1/s1. The molecule has 0 spiro atoms. The van der Waals surface area contributed by atoms with Gasteiger partial charge in [0.2, 0.25) is 5.91 Å². The first kappa shape index (κ1) is 29.2. The van der Waals surface area contributed by atoms with Crippen molar-refractivity contribution in [3.05, 3.63) is 98.5 Å². The first-order valence-electron chi connectivity index (χ1n) is 13.6. The molecule has 206 valence electrons. The quantitative estimate of drug-likeness (QED) is 0.264. The van der Waals surface area contributed by atoms with Crippen molar-refractivity contribution in [3.63, 3.8) is 0 Å². The number of hydrogen-bond donors (Lipinski definition) is 1. The molecule has 0 unspecified atom stereocenters. The van der Waals surface area contributed by atoms with Crippen LogP contribution in [0.4, 0.5) is 0 Å². The third kappa shape index (κ3) is 8.33. The van der Waals surface area contributed by atoms with Crippen LogP contribution in [0.1, 0.15) is 54.4 Å². The topological polar surface area (TPSA) is 58.6 Å². The number of halogens is 2. The Hall–Kier alpha value is -2.83. The van der Waals surface area contributed by atoms with E-state index in [4.69, 9.17) is 16.3 Å². The number of carbonyl (C=O) groups excluding carboxylic acids is 2. The highest BCUT2D eigenvalue weighted by molar-refractivity contribution is 9.10. The highest BCUT2D eigenvalue weighted by atomic mass is 79.9. The fourth-order valence-electron chi connectivity index (χ4n) is 5.15. The lowest BCUT2D eigenvalue weighted by Gasteiger charge is -2.33. The average molecular weight is 612 g/mol. The summed E-state index contributed by atoms with van der Waals surface area (Å²) < 4.78 is 6.88. The number of amides is 2. The zero-order valence-corrected chi connectivity index (χ0v) is 24.9. The lowest BCUT2D eigenvalue weighted by molar-refractivity contribution is -0.143. The summed E-state index contributed by atoms with van der Waals surface area (Å²) in [5.74, 6) is 0.212. The van der Waals surface area contributed by atoms with Crippen LogP contribution >= 0.6 is 27.5 Å². The molecule has 0 aliphatic heterocycles. The van der Waals surface area contributed by atoms with Gasteiger partial charge in [0, 0.05) is 28.5 Å². The van der Waals surface area contributed by atoms with Crippen LogP contribution in [-0.2, 0) is 22.6 Å². The van der Waals surface area contributed by atoms with Crippen molar-refractivity contribution in [3.8, 4) is 5.75 Å². The van der Waals surface area contributed by atoms with Gasteiger partial charge in [-0.15, -0.1) is 0 Å². The van der Waals surface area contributed by atoms with Crippen LogP contribution in [0.15, 0.2) is 71.2 Å². The largest absolute Gasteiger partial charge is 0.484 e. The summed E-state index contributed by atoms with van der Waals surface area (Å²) in [5, 5.41) is 3.96. The third-order valence-electron chi connectivity index (χ3n) is 7.24. The van der Waals surface area contributed by atoms with Crippen LogP contribution < -0.4 is 10.1 Å². The summed E-state index contributed by atoms with van der Waals surface area (Å²) in [4.78, 5) is 29.4. The fourth-order valence-corrected chi connectivity index (χ4v) is 5.70. The summed E-state index contributed by atoms with van der Waals surface area (Å²) in [6.45, 7) is 3.93. The van der Waals surface area contributed by atoms with Gasteiger partial charge in [-0.25, -0.2) is 0 Å². The number of rotatable bonds is 10. The summed E-state index contributed by atoms with van der Waals surface area (Å²) in [6, 6.07) is 20.8. The van der Waals surface area contributed by atoms with E-state index in [1.54, 1.807) is 4.90 Å². The van der Waals surface area contributed by atoms with Gasteiger partial charge in [-0.1, -0.05) is 89.3 Å². The lowest BCUT2D eigenvalue weighted by atomic mass is 9.94. The second kappa shape index (κ2) is 14.0. The second-order valence-electron chi connectivity index (χ2n) is 10.4. The van der Waals surface area contributed by atoms with Crippen molar-refractivity contribution >= 4 is 39.3 Å². The minimum atomic E-state index is -0.682. The van der Waals surface area contributed by atoms with Gasteiger partial charge < -0.3 is 15.0 Å². The minimum absolute atomic E-state index is 0.118. The van der Waals surface area contributed by atoms with Crippen LogP contribution in [0.25, 0.3) is 0 Å². The van der Waals surface area contributed by atoms with E-state index < -0.39 is 6.04 Å². The van der Waals surface area contributed by atoms with Gasteiger partial charge in [0.1, 0.15) is 11.8 Å². The second-order valence-corrected chi connectivity index (χ2v) is 11.7. The van der Waals surface area contributed by atoms with Crippen LogP contribution in [0, 0.1) is 13.8 Å². The summed E-state index contributed by atoms with van der Waals surface area (Å²) in [7, 11) is 0. The predicted octanol–water partition coefficient (Wildman–Crippen LogP) is 7.19. The maximum Gasteiger partial charge on any atom is 0.261 e. The maximum atomic E-state index is 13.9. The molecule has 1 N–H and O–H groups in total. The highest BCUT2D eigenvalue weighted by Crippen LogP contribution is 2.26. The zero-order valence-electron chi connectivity index (χ0n) is 22.6. The molecule has 1 aliphatic carbocycles. The molecule has 5 nitrogen and oxygen atoms in total. The minimum Gasteiger partial charge on any atom is -0.484 e. The van der Waals surface area contributed by atoms with E-state index in [-0.39, 0.29) is 31.0 Å². The highest BCUT2D eigenvalue weighted by Gasteiger charge is 2.32. The van der Waals surface area contributed by atoms with E-state index in [0.717, 1.165) is 52.4 Å². The molecule has 7 heteroatoms. The first-order chi connectivity index (χ1) is 18.8. The molecule has 2 amide bonds. The summed E-state index contributed by atoms with van der Waals surface area (Å²) >= 11 is 9.86. The molecule has 3 aromatic carbocycles. The number of carbonyl (C=O) groups is 2. The van der Waals surface area contributed by atoms with Crippen molar-refractivity contribution in [2.24, 2.45) is 0 Å². The molecule has 39 heavy (non-hydrogen) atoms. The molecule has 0 heterocycles. The Bertz CT molecular complexity index is 1250.